The minimum absolute atomic E-state index is 0.124. The van der Waals surface area contributed by atoms with Crippen molar-refractivity contribution in [1.29, 1.82) is 0 Å². The first-order valence-electron chi connectivity index (χ1n) is 10.9. The number of fused-ring (bicyclic) bond motifs is 3. The van der Waals surface area contributed by atoms with Gasteiger partial charge in [-0.05, 0) is 28.7 Å². The normalized spacial score (nSPS) is 19.8. The fourth-order valence-electron chi connectivity index (χ4n) is 5.00. The minimum atomic E-state index is -0.384. The van der Waals surface area contributed by atoms with Gasteiger partial charge in [-0.2, -0.15) is 0 Å². The molecule has 0 fully saturated rings. The van der Waals surface area contributed by atoms with Crippen LogP contribution in [0.15, 0.2) is 84.9 Å². The smallest absolute Gasteiger partial charge is 0.408 e. The highest BCUT2D eigenvalue weighted by Crippen LogP contribution is 2.52. The molecule has 3 atom stereocenters. The van der Waals surface area contributed by atoms with Crippen molar-refractivity contribution in [1.82, 2.24) is 10.3 Å². The summed E-state index contributed by atoms with van der Waals surface area (Å²) < 4.78 is 5.55. The Balaban J connectivity index is 1.48. The molecule has 156 valence electrons. The van der Waals surface area contributed by atoms with Gasteiger partial charge in [0.25, 0.3) is 0 Å². The quantitative estimate of drug-likeness (QED) is 0.405. The Hall–Kier alpha value is -3.53. The van der Waals surface area contributed by atoms with E-state index in [4.69, 9.17) is 4.74 Å². The maximum absolute atomic E-state index is 12.8. The van der Waals surface area contributed by atoms with Gasteiger partial charge in [0.2, 0.25) is 0 Å². The number of ether oxygens (including phenoxy) is 1. The van der Waals surface area contributed by atoms with E-state index in [-0.39, 0.29) is 30.6 Å². The van der Waals surface area contributed by atoms with Crippen LogP contribution in [0.4, 0.5) is 4.79 Å². The Kier molecular flexibility index (Phi) is 5.21. The van der Waals surface area contributed by atoms with Crippen molar-refractivity contribution in [2.24, 2.45) is 5.92 Å². The Bertz CT molecular complexity index is 1180. The fourth-order valence-corrected chi connectivity index (χ4v) is 5.00. The summed E-state index contributed by atoms with van der Waals surface area (Å²) in [5.74, 6) is 0.467. The third-order valence-corrected chi connectivity index (χ3v) is 6.37. The molecule has 1 heterocycles. The molecule has 31 heavy (non-hydrogen) atoms. The SMILES string of the molecule is CC[C@@H]1[C@@H](c2ccccc2)c2c([nH]c3ccccc23)[C@H]1NC(=O)OCc1ccccc1. The van der Waals surface area contributed by atoms with Crippen LogP contribution in [-0.2, 0) is 11.3 Å². The zero-order valence-corrected chi connectivity index (χ0v) is 17.5. The molecule has 1 aromatic heterocycles. The number of carbonyl (C=O) groups excluding carboxylic acids is 1. The molecule has 3 aromatic carbocycles. The van der Waals surface area contributed by atoms with Gasteiger partial charge in [0.1, 0.15) is 6.61 Å². The van der Waals surface area contributed by atoms with E-state index in [1.807, 2.05) is 42.5 Å². The van der Waals surface area contributed by atoms with Crippen LogP contribution in [0.5, 0.6) is 0 Å². The number of alkyl carbamates (subject to hydrolysis) is 1. The van der Waals surface area contributed by atoms with Crippen molar-refractivity contribution < 1.29 is 9.53 Å². The lowest BCUT2D eigenvalue weighted by molar-refractivity contribution is 0.131. The van der Waals surface area contributed by atoms with Gasteiger partial charge in [0.15, 0.2) is 0 Å². The molecule has 2 N–H and O–H groups in total. The summed E-state index contributed by atoms with van der Waals surface area (Å²) in [6.07, 6.45) is 0.561. The number of aromatic amines is 1. The molecule has 1 amide bonds. The van der Waals surface area contributed by atoms with Gasteiger partial charge in [-0.15, -0.1) is 0 Å². The van der Waals surface area contributed by atoms with Crippen LogP contribution in [0.3, 0.4) is 0 Å². The molecule has 0 unspecified atom stereocenters. The Morgan fingerprint density at radius 3 is 2.35 bits per heavy atom. The van der Waals surface area contributed by atoms with Crippen LogP contribution < -0.4 is 5.32 Å². The van der Waals surface area contributed by atoms with Crippen molar-refractivity contribution in [3.05, 3.63) is 107 Å². The monoisotopic (exact) mass is 410 g/mol. The maximum Gasteiger partial charge on any atom is 0.408 e. The van der Waals surface area contributed by atoms with Gasteiger partial charge in [0, 0.05) is 22.5 Å². The molecule has 4 heteroatoms. The third-order valence-electron chi connectivity index (χ3n) is 6.37. The number of amides is 1. The van der Waals surface area contributed by atoms with Gasteiger partial charge < -0.3 is 15.0 Å². The Morgan fingerprint density at radius 2 is 1.61 bits per heavy atom. The standard InChI is InChI=1S/C27H26N2O2/c1-2-20-23(19-13-7-4-8-14-19)24-21-15-9-10-16-22(21)28-26(24)25(20)29-27(30)31-17-18-11-5-3-6-12-18/h3-16,20,23,25,28H,2,17H2,1H3,(H,29,30)/t20-,23-,25+/m1/s1. The van der Waals surface area contributed by atoms with E-state index in [2.05, 4.69) is 59.7 Å². The first-order valence-corrected chi connectivity index (χ1v) is 10.9. The van der Waals surface area contributed by atoms with Crippen LogP contribution in [0.1, 0.15) is 47.7 Å². The van der Waals surface area contributed by atoms with Crippen LogP contribution >= 0.6 is 0 Å². The summed E-state index contributed by atoms with van der Waals surface area (Å²) in [6.45, 7) is 2.45. The van der Waals surface area contributed by atoms with Crippen molar-refractivity contribution in [2.45, 2.75) is 31.9 Å². The largest absolute Gasteiger partial charge is 0.445 e. The summed E-state index contributed by atoms with van der Waals surface area (Å²) >= 11 is 0. The minimum Gasteiger partial charge on any atom is -0.445 e. The van der Waals surface area contributed by atoms with E-state index in [0.29, 0.717) is 0 Å². The van der Waals surface area contributed by atoms with Gasteiger partial charge >= 0.3 is 6.09 Å². The van der Waals surface area contributed by atoms with Crippen LogP contribution in [0.25, 0.3) is 10.9 Å². The summed E-state index contributed by atoms with van der Waals surface area (Å²) in [6, 6.07) is 28.6. The van der Waals surface area contributed by atoms with E-state index in [9.17, 15) is 4.79 Å². The summed E-state index contributed by atoms with van der Waals surface area (Å²) in [5, 5.41) is 4.40. The van der Waals surface area contributed by atoms with Crippen molar-refractivity contribution in [2.75, 3.05) is 0 Å². The van der Waals surface area contributed by atoms with Gasteiger partial charge in [-0.1, -0.05) is 92.2 Å². The van der Waals surface area contributed by atoms with Gasteiger partial charge in [-0.25, -0.2) is 4.79 Å². The van der Waals surface area contributed by atoms with Crippen LogP contribution in [0.2, 0.25) is 0 Å². The Labute approximate surface area is 182 Å². The molecular formula is C27H26N2O2. The van der Waals surface area contributed by atoms with Crippen molar-refractivity contribution in [3.63, 3.8) is 0 Å². The molecule has 0 spiro atoms. The summed E-state index contributed by atoms with van der Waals surface area (Å²) in [4.78, 5) is 16.4. The highest BCUT2D eigenvalue weighted by molar-refractivity contribution is 5.87. The van der Waals surface area contributed by atoms with Gasteiger partial charge in [0.05, 0.1) is 6.04 Å². The number of H-pyrrole nitrogens is 1. The second-order valence-electron chi connectivity index (χ2n) is 8.14. The number of rotatable bonds is 5. The fraction of sp³-hybridized carbons (Fsp3) is 0.222. The lowest BCUT2D eigenvalue weighted by Gasteiger charge is -2.26. The molecule has 1 aliphatic carbocycles. The van der Waals surface area contributed by atoms with E-state index in [0.717, 1.165) is 23.2 Å². The topological polar surface area (TPSA) is 54.1 Å². The first-order chi connectivity index (χ1) is 15.3. The maximum atomic E-state index is 12.8. The molecule has 0 saturated heterocycles. The van der Waals surface area contributed by atoms with Crippen LogP contribution in [0, 0.1) is 5.92 Å². The average Bonchev–Trinajstić information content (AvgIpc) is 3.33. The van der Waals surface area contributed by atoms with Gasteiger partial charge in [-0.3, -0.25) is 0 Å². The third kappa shape index (κ3) is 3.59. The lowest BCUT2D eigenvalue weighted by atomic mass is 9.82. The Morgan fingerprint density at radius 1 is 0.935 bits per heavy atom. The zero-order chi connectivity index (χ0) is 21.2. The van der Waals surface area contributed by atoms with Crippen molar-refractivity contribution in [3.8, 4) is 0 Å². The summed E-state index contributed by atoms with van der Waals surface area (Å²) in [5.41, 5.74) is 5.75. The number of hydrogen-bond acceptors (Lipinski definition) is 2. The molecule has 5 rings (SSSR count). The molecule has 0 bridgehead atoms. The number of nitrogens with one attached hydrogen (secondary N) is 2. The highest BCUT2D eigenvalue weighted by atomic mass is 16.5. The molecule has 1 aliphatic rings. The first kappa shape index (κ1) is 19.4. The predicted molar refractivity (Wildman–Crippen MR) is 123 cm³/mol. The summed E-state index contributed by atoms with van der Waals surface area (Å²) in [7, 11) is 0. The molecule has 0 aliphatic heterocycles. The van der Waals surface area contributed by atoms with E-state index in [1.54, 1.807) is 0 Å². The highest BCUT2D eigenvalue weighted by Gasteiger charge is 2.43. The number of benzene rings is 3. The second-order valence-corrected chi connectivity index (χ2v) is 8.14. The van der Waals surface area contributed by atoms with Crippen molar-refractivity contribution >= 4 is 17.0 Å². The molecule has 0 radical (unpaired) electrons. The molecule has 0 saturated carbocycles. The molecule has 4 nitrogen and oxygen atoms in total. The van der Waals surface area contributed by atoms with E-state index < -0.39 is 0 Å². The lowest BCUT2D eigenvalue weighted by Crippen LogP contribution is -2.33. The van der Waals surface area contributed by atoms with Crippen LogP contribution in [-0.4, -0.2) is 11.1 Å². The average molecular weight is 411 g/mol. The second kappa shape index (κ2) is 8.31. The molecular weight excluding hydrogens is 384 g/mol. The predicted octanol–water partition coefficient (Wildman–Crippen LogP) is 6.31. The number of aromatic nitrogens is 1. The van der Waals surface area contributed by atoms with E-state index >= 15 is 0 Å². The number of carbonyl (C=O) groups is 1. The number of para-hydroxylation sites is 1. The van der Waals surface area contributed by atoms with E-state index in [1.165, 1.54) is 16.5 Å². The molecule has 4 aromatic rings. The number of hydrogen-bond donors (Lipinski definition) is 2. The zero-order valence-electron chi connectivity index (χ0n) is 17.5.